The molecule has 7 N–H and O–H groups in total. The molecule has 0 aliphatic heterocycles. The van der Waals surface area contributed by atoms with E-state index in [1.807, 2.05) is 0 Å². The zero-order chi connectivity index (χ0) is 22.7. The average Bonchev–Trinajstić information content (AvgIpc) is 2.62. The van der Waals surface area contributed by atoms with E-state index in [9.17, 15) is 24.0 Å². The lowest BCUT2D eigenvalue weighted by atomic mass is 10.0. The molecule has 0 aliphatic carbocycles. The zero-order valence-electron chi connectivity index (χ0n) is 16.1. The second-order valence-electron chi connectivity index (χ2n) is 6.72. The molecular formula is C16H28N4O7S2. The molecule has 0 saturated carbocycles. The molecule has 0 saturated heterocycles. The van der Waals surface area contributed by atoms with Crippen molar-refractivity contribution in [2.75, 3.05) is 11.5 Å². The molecule has 166 valence electrons. The second-order valence-corrected chi connectivity index (χ2v) is 7.45. The summed E-state index contributed by atoms with van der Waals surface area (Å²) in [4.78, 5) is 59.1. The zero-order valence-corrected chi connectivity index (χ0v) is 17.9. The Balaban J connectivity index is 5.39. The Hall–Kier alpha value is -1.99. The number of carboxylic acid groups (broad SMARTS) is 2. The number of amides is 3. The molecule has 0 heterocycles. The lowest BCUT2D eigenvalue weighted by Crippen LogP contribution is -2.58. The maximum absolute atomic E-state index is 12.6. The number of aliphatic carboxylic acids is 2. The third-order valence-electron chi connectivity index (χ3n) is 3.68. The molecule has 0 radical (unpaired) electrons. The fourth-order valence-electron chi connectivity index (χ4n) is 2.18. The Morgan fingerprint density at radius 1 is 0.828 bits per heavy atom. The van der Waals surface area contributed by atoms with Crippen LogP contribution in [0, 0.1) is 5.92 Å². The summed E-state index contributed by atoms with van der Waals surface area (Å²) in [5.74, 6) is -5.33. The average molecular weight is 453 g/mol. The second kappa shape index (κ2) is 13.3. The fourth-order valence-corrected chi connectivity index (χ4v) is 2.59. The Morgan fingerprint density at radius 3 is 1.72 bits per heavy atom. The molecule has 0 aromatic carbocycles. The van der Waals surface area contributed by atoms with Crippen LogP contribution in [0.4, 0.5) is 0 Å². The monoisotopic (exact) mass is 452 g/mol. The van der Waals surface area contributed by atoms with Gasteiger partial charge in [0.15, 0.2) is 0 Å². The van der Waals surface area contributed by atoms with Crippen molar-refractivity contribution >= 4 is 54.9 Å². The summed E-state index contributed by atoms with van der Waals surface area (Å²) in [5, 5.41) is 24.9. The molecule has 13 heteroatoms. The van der Waals surface area contributed by atoms with E-state index < -0.39 is 60.2 Å². The topological polar surface area (TPSA) is 188 Å². The van der Waals surface area contributed by atoms with Crippen LogP contribution in [0.15, 0.2) is 0 Å². The van der Waals surface area contributed by atoms with Crippen LogP contribution in [0.2, 0.25) is 0 Å². The highest BCUT2D eigenvalue weighted by atomic mass is 32.1. The molecule has 11 nitrogen and oxygen atoms in total. The smallest absolute Gasteiger partial charge is 0.327 e. The van der Waals surface area contributed by atoms with Gasteiger partial charge < -0.3 is 31.9 Å². The summed E-state index contributed by atoms with van der Waals surface area (Å²) in [6.45, 7) is 3.56. The molecule has 0 spiro atoms. The number of nitrogens with two attached hydrogens (primary N) is 1. The fraction of sp³-hybridized carbons (Fsp3) is 0.688. The highest BCUT2D eigenvalue weighted by Gasteiger charge is 2.31. The summed E-state index contributed by atoms with van der Waals surface area (Å²) < 4.78 is 0. The van der Waals surface area contributed by atoms with E-state index in [-0.39, 0.29) is 23.8 Å². The first-order chi connectivity index (χ1) is 13.4. The number of hydrogen-bond acceptors (Lipinski definition) is 8. The summed E-state index contributed by atoms with van der Waals surface area (Å²) in [6, 6.07) is -4.94. The molecule has 0 fully saturated rings. The summed E-state index contributed by atoms with van der Waals surface area (Å²) in [5.41, 5.74) is 5.52. The van der Waals surface area contributed by atoms with E-state index in [4.69, 9.17) is 15.9 Å². The lowest BCUT2D eigenvalue weighted by molar-refractivity contribution is -0.143. The first kappa shape index (κ1) is 27.0. The van der Waals surface area contributed by atoms with E-state index in [0.29, 0.717) is 0 Å². The third-order valence-corrected chi connectivity index (χ3v) is 4.44. The molecule has 0 aliphatic rings. The van der Waals surface area contributed by atoms with Crippen molar-refractivity contribution in [1.82, 2.24) is 16.0 Å². The number of carboxylic acids is 2. The van der Waals surface area contributed by atoms with Gasteiger partial charge in [-0.3, -0.25) is 19.2 Å². The van der Waals surface area contributed by atoms with Gasteiger partial charge in [-0.05, 0) is 12.3 Å². The number of carbonyl (C=O) groups excluding carboxylic acids is 3. The molecule has 3 amide bonds. The van der Waals surface area contributed by atoms with E-state index in [0.717, 1.165) is 0 Å². The molecule has 0 bridgehead atoms. The normalized spacial score (nSPS) is 15.0. The van der Waals surface area contributed by atoms with Crippen molar-refractivity contribution in [3.05, 3.63) is 0 Å². The number of nitrogens with one attached hydrogen (secondary N) is 3. The molecular weight excluding hydrogens is 424 g/mol. The number of thiol groups is 2. The van der Waals surface area contributed by atoms with Crippen LogP contribution in [0.3, 0.4) is 0 Å². The van der Waals surface area contributed by atoms with Crippen LogP contribution in [0.1, 0.15) is 26.7 Å². The van der Waals surface area contributed by atoms with Crippen LogP contribution >= 0.6 is 25.3 Å². The predicted octanol–water partition coefficient (Wildman–Crippen LogP) is -1.77. The van der Waals surface area contributed by atoms with Crippen molar-refractivity contribution in [2.45, 2.75) is 50.9 Å². The molecule has 4 unspecified atom stereocenters. The van der Waals surface area contributed by atoms with Gasteiger partial charge in [0.05, 0.1) is 12.5 Å². The highest BCUT2D eigenvalue weighted by Crippen LogP contribution is 2.07. The first-order valence-electron chi connectivity index (χ1n) is 8.75. The van der Waals surface area contributed by atoms with Crippen LogP contribution in [-0.4, -0.2) is 75.5 Å². The van der Waals surface area contributed by atoms with Crippen molar-refractivity contribution in [1.29, 1.82) is 0 Å². The predicted molar refractivity (Wildman–Crippen MR) is 111 cm³/mol. The molecule has 29 heavy (non-hydrogen) atoms. The number of rotatable bonds is 13. The quantitative estimate of drug-likeness (QED) is 0.151. The van der Waals surface area contributed by atoms with Gasteiger partial charge in [-0.25, -0.2) is 4.79 Å². The van der Waals surface area contributed by atoms with Gasteiger partial charge in [0, 0.05) is 11.5 Å². The third kappa shape index (κ3) is 10.4. The van der Waals surface area contributed by atoms with Crippen LogP contribution in [0.25, 0.3) is 0 Å². The van der Waals surface area contributed by atoms with Crippen molar-refractivity contribution in [3.8, 4) is 0 Å². The van der Waals surface area contributed by atoms with Crippen molar-refractivity contribution in [2.24, 2.45) is 11.7 Å². The summed E-state index contributed by atoms with van der Waals surface area (Å²) in [6.07, 6.45) is -0.582. The minimum atomic E-state index is -1.48. The summed E-state index contributed by atoms with van der Waals surface area (Å²) in [7, 11) is 0. The standard InChI is InChI=1S/C16H28N4O7S2/c1-7(2)3-9(14(24)20-11(6-29)16(26)27)19-15(25)10(4-12(21)22)18-13(23)8(17)5-28/h7-11,28-29H,3-6,17H2,1-2H3,(H,18,23)(H,19,25)(H,20,24)(H,21,22)(H,26,27). The van der Waals surface area contributed by atoms with Gasteiger partial charge in [0.1, 0.15) is 18.1 Å². The Morgan fingerprint density at radius 2 is 1.31 bits per heavy atom. The SMILES string of the molecule is CC(C)CC(NC(=O)C(CC(=O)O)NC(=O)C(N)CS)C(=O)NC(CS)C(=O)O. The minimum absolute atomic E-state index is 0.0219. The Kier molecular flexibility index (Phi) is 12.4. The largest absolute Gasteiger partial charge is 0.481 e. The van der Waals surface area contributed by atoms with Gasteiger partial charge >= 0.3 is 11.9 Å². The van der Waals surface area contributed by atoms with E-state index >= 15 is 0 Å². The summed E-state index contributed by atoms with van der Waals surface area (Å²) >= 11 is 7.73. The van der Waals surface area contributed by atoms with Gasteiger partial charge in [0.2, 0.25) is 17.7 Å². The van der Waals surface area contributed by atoms with Crippen molar-refractivity contribution in [3.63, 3.8) is 0 Å². The molecule has 4 atom stereocenters. The maximum Gasteiger partial charge on any atom is 0.327 e. The first-order valence-corrected chi connectivity index (χ1v) is 10.0. The number of hydrogen-bond donors (Lipinski definition) is 8. The molecule has 0 aromatic heterocycles. The molecule has 0 aromatic rings. The minimum Gasteiger partial charge on any atom is -0.481 e. The lowest BCUT2D eigenvalue weighted by Gasteiger charge is -2.25. The van der Waals surface area contributed by atoms with Gasteiger partial charge in [-0.1, -0.05) is 13.8 Å². The van der Waals surface area contributed by atoms with Crippen LogP contribution in [0.5, 0.6) is 0 Å². The Bertz CT molecular complexity index is 618. The Labute approximate surface area is 179 Å². The van der Waals surface area contributed by atoms with Gasteiger partial charge in [0.25, 0.3) is 0 Å². The number of carbonyl (C=O) groups is 5. The van der Waals surface area contributed by atoms with Crippen LogP contribution in [-0.2, 0) is 24.0 Å². The van der Waals surface area contributed by atoms with E-state index in [2.05, 4.69) is 41.2 Å². The van der Waals surface area contributed by atoms with Gasteiger partial charge in [-0.15, -0.1) is 0 Å². The maximum atomic E-state index is 12.6. The molecule has 0 rings (SSSR count). The van der Waals surface area contributed by atoms with E-state index in [1.165, 1.54) is 0 Å². The highest BCUT2D eigenvalue weighted by molar-refractivity contribution is 7.80. The van der Waals surface area contributed by atoms with E-state index in [1.54, 1.807) is 13.8 Å². The van der Waals surface area contributed by atoms with Gasteiger partial charge in [-0.2, -0.15) is 25.3 Å². The van der Waals surface area contributed by atoms with Crippen LogP contribution < -0.4 is 21.7 Å². The van der Waals surface area contributed by atoms with Crippen molar-refractivity contribution < 1.29 is 34.2 Å².